The van der Waals surface area contributed by atoms with Gasteiger partial charge in [0.05, 0.1) is 11.4 Å². The van der Waals surface area contributed by atoms with Gasteiger partial charge in [-0.15, -0.1) is 0 Å². The van der Waals surface area contributed by atoms with Crippen LogP contribution in [0, 0.1) is 11.8 Å². The molecule has 0 bridgehead atoms. The Morgan fingerprint density at radius 1 is 0.926 bits per heavy atom. The number of nitrogens with zero attached hydrogens (tertiary/aromatic N) is 2. The van der Waals surface area contributed by atoms with Gasteiger partial charge in [-0.05, 0) is 35.9 Å². The van der Waals surface area contributed by atoms with Crippen molar-refractivity contribution in [1.82, 2.24) is 15.2 Å². The number of hydrogen-bond acceptors (Lipinski definition) is 3. The van der Waals surface area contributed by atoms with E-state index in [0.717, 1.165) is 5.56 Å². The first-order valence-electron chi connectivity index (χ1n) is 8.33. The first-order valence-corrected chi connectivity index (χ1v) is 8.33. The van der Waals surface area contributed by atoms with Crippen LogP contribution in [0.5, 0.6) is 5.75 Å². The average molecular weight is 363 g/mol. The number of rotatable bonds is 5. The van der Waals surface area contributed by atoms with Crippen LogP contribution in [-0.4, -0.2) is 15.2 Å². The summed E-state index contributed by atoms with van der Waals surface area (Å²) >= 11 is 0. The topological polar surface area (TPSA) is 50.8 Å². The largest absolute Gasteiger partial charge is 0.486 e. The van der Waals surface area contributed by atoms with Gasteiger partial charge in [0.15, 0.2) is 11.6 Å². The minimum atomic E-state index is -0.562. The van der Waals surface area contributed by atoms with Crippen molar-refractivity contribution in [1.29, 1.82) is 0 Å². The Bertz CT molecular complexity index is 1050. The summed E-state index contributed by atoms with van der Waals surface area (Å²) in [4.78, 5) is 3.61. The van der Waals surface area contributed by atoms with E-state index in [1.165, 1.54) is 12.3 Å². The van der Waals surface area contributed by atoms with Gasteiger partial charge in [-0.25, -0.2) is 9.37 Å². The number of aromatic nitrogens is 3. The molecule has 2 heterocycles. The fourth-order valence-electron chi connectivity index (χ4n) is 2.70. The number of pyridine rings is 1. The minimum Gasteiger partial charge on any atom is -0.486 e. The second-order valence-electron chi connectivity index (χ2n) is 5.93. The van der Waals surface area contributed by atoms with Gasteiger partial charge in [0.2, 0.25) is 5.95 Å². The van der Waals surface area contributed by atoms with E-state index in [0.29, 0.717) is 22.5 Å². The van der Waals surface area contributed by atoms with Crippen LogP contribution in [0.4, 0.5) is 8.78 Å². The van der Waals surface area contributed by atoms with E-state index < -0.39 is 11.8 Å². The molecule has 27 heavy (non-hydrogen) atoms. The molecule has 4 rings (SSSR count). The van der Waals surface area contributed by atoms with E-state index in [9.17, 15) is 8.78 Å². The summed E-state index contributed by atoms with van der Waals surface area (Å²) in [6.07, 6.45) is 1.39. The molecule has 0 atom stereocenters. The molecule has 6 heteroatoms. The van der Waals surface area contributed by atoms with Crippen molar-refractivity contribution in [2.75, 3.05) is 0 Å². The molecule has 0 amide bonds. The molecule has 2 aromatic carbocycles. The maximum atomic E-state index is 14.9. The zero-order valence-corrected chi connectivity index (χ0v) is 14.2. The van der Waals surface area contributed by atoms with E-state index in [4.69, 9.17) is 4.74 Å². The molecular formula is C21H15F2N3O. The smallest absolute Gasteiger partial charge is 0.212 e. The number of benzene rings is 2. The van der Waals surface area contributed by atoms with Crippen LogP contribution >= 0.6 is 0 Å². The van der Waals surface area contributed by atoms with Gasteiger partial charge in [0, 0.05) is 17.3 Å². The van der Waals surface area contributed by atoms with Crippen LogP contribution in [0.1, 0.15) is 5.56 Å². The molecule has 0 aliphatic rings. The number of halogens is 2. The van der Waals surface area contributed by atoms with Crippen molar-refractivity contribution >= 4 is 0 Å². The molecule has 0 unspecified atom stereocenters. The first-order chi connectivity index (χ1) is 13.2. The van der Waals surface area contributed by atoms with E-state index in [-0.39, 0.29) is 12.4 Å². The highest BCUT2D eigenvalue weighted by atomic mass is 19.1. The van der Waals surface area contributed by atoms with Crippen LogP contribution in [-0.2, 0) is 6.61 Å². The highest BCUT2D eigenvalue weighted by Gasteiger charge is 2.14. The van der Waals surface area contributed by atoms with Crippen molar-refractivity contribution in [3.8, 4) is 28.3 Å². The van der Waals surface area contributed by atoms with Crippen LogP contribution in [0.2, 0.25) is 0 Å². The van der Waals surface area contributed by atoms with Gasteiger partial charge in [-0.2, -0.15) is 9.49 Å². The molecular weight excluding hydrogens is 348 g/mol. The molecule has 4 aromatic rings. The van der Waals surface area contributed by atoms with Gasteiger partial charge < -0.3 is 4.74 Å². The zero-order chi connectivity index (χ0) is 18.6. The summed E-state index contributed by atoms with van der Waals surface area (Å²) in [6.45, 7) is 0.272. The number of hydrogen-bond donors (Lipinski definition) is 1. The SMILES string of the molecule is Fc1ccc(-c2cc(-c3cccc(OCc4ccccc4)c3F)n[nH]2)cn1. The third kappa shape index (κ3) is 3.69. The summed E-state index contributed by atoms with van der Waals surface area (Å²) < 4.78 is 33.5. The van der Waals surface area contributed by atoms with Crippen molar-refractivity contribution in [3.63, 3.8) is 0 Å². The molecule has 1 N–H and O–H groups in total. The first kappa shape index (κ1) is 16.9. The lowest BCUT2D eigenvalue weighted by atomic mass is 10.1. The predicted octanol–water partition coefficient (Wildman–Crippen LogP) is 5.00. The summed E-state index contributed by atoms with van der Waals surface area (Å²) in [6, 6.07) is 19.0. The second kappa shape index (κ2) is 7.37. The average Bonchev–Trinajstić information content (AvgIpc) is 3.18. The number of H-pyrrole nitrogens is 1. The molecule has 0 saturated carbocycles. The van der Waals surface area contributed by atoms with Gasteiger partial charge >= 0.3 is 0 Å². The van der Waals surface area contributed by atoms with Crippen LogP contribution in [0.15, 0.2) is 72.9 Å². The minimum absolute atomic E-state index is 0.157. The summed E-state index contributed by atoms with van der Waals surface area (Å²) in [5.41, 5.74) is 2.97. The number of ether oxygens (including phenoxy) is 1. The lowest BCUT2D eigenvalue weighted by Crippen LogP contribution is -1.98. The molecule has 2 aromatic heterocycles. The molecule has 134 valence electrons. The predicted molar refractivity (Wildman–Crippen MR) is 97.9 cm³/mol. The fourth-order valence-corrected chi connectivity index (χ4v) is 2.70. The van der Waals surface area contributed by atoms with Crippen LogP contribution in [0.25, 0.3) is 22.5 Å². The molecule has 0 saturated heterocycles. The molecule has 0 fully saturated rings. The third-order valence-electron chi connectivity index (χ3n) is 4.09. The van der Waals surface area contributed by atoms with Crippen molar-refractivity contribution in [2.24, 2.45) is 0 Å². The Balaban J connectivity index is 1.58. The number of aromatic amines is 1. The fraction of sp³-hybridized carbons (Fsp3) is 0.0476. The van der Waals surface area contributed by atoms with E-state index >= 15 is 0 Å². The van der Waals surface area contributed by atoms with Gasteiger partial charge in [-0.3, -0.25) is 5.10 Å². The lowest BCUT2D eigenvalue weighted by Gasteiger charge is -2.09. The third-order valence-corrected chi connectivity index (χ3v) is 4.09. The van der Waals surface area contributed by atoms with E-state index in [2.05, 4.69) is 15.2 Å². The van der Waals surface area contributed by atoms with Crippen molar-refractivity contribution in [3.05, 3.63) is 90.3 Å². The Hall–Kier alpha value is -3.54. The lowest BCUT2D eigenvalue weighted by molar-refractivity contribution is 0.291. The van der Waals surface area contributed by atoms with Crippen molar-refractivity contribution in [2.45, 2.75) is 6.61 Å². The van der Waals surface area contributed by atoms with E-state index in [1.807, 2.05) is 30.3 Å². The zero-order valence-electron chi connectivity index (χ0n) is 14.2. The molecule has 4 nitrogen and oxygen atoms in total. The molecule has 0 spiro atoms. The van der Waals surface area contributed by atoms with E-state index in [1.54, 1.807) is 30.3 Å². The molecule has 0 aliphatic carbocycles. The second-order valence-corrected chi connectivity index (χ2v) is 5.93. The van der Waals surface area contributed by atoms with Crippen molar-refractivity contribution < 1.29 is 13.5 Å². The van der Waals surface area contributed by atoms with Crippen LogP contribution < -0.4 is 4.74 Å². The summed E-state index contributed by atoms with van der Waals surface area (Å²) in [5, 5.41) is 6.99. The standard InChI is InChI=1S/C21H15F2N3O/c22-20-10-9-15(12-24-20)17-11-18(26-25-17)16-7-4-8-19(21(16)23)27-13-14-5-2-1-3-6-14/h1-12H,13H2,(H,25,26). The van der Waals surface area contributed by atoms with Gasteiger partial charge in [0.1, 0.15) is 6.61 Å². The Kier molecular flexibility index (Phi) is 4.61. The maximum absolute atomic E-state index is 14.9. The highest BCUT2D eigenvalue weighted by Crippen LogP contribution is 2.30. The quantitative estimate of drug-likeness (QED) is 0.508. The Labute approximate surface area is 154 Å². The molecule has 0 aliphatic heterocycles. The van der Waals surface area contributed by atoms with Crippen LogP contribution in [0.3, 0.4) is 0 Å². The van der Waals surface area contributed by atoms with Gasteiger partial charge in [-0.1, -0.05) is 36.4 Å². The summed E-state index contributed by atoms with van der Waals surface area (Å²) in [7, 11) is 0. The van der Waals surface area contributed by atoms with Gasteiger partial charge in [0.25, 0.3) is 0 Å². The Morgan fingerprint density at radius 2 is 1.78 bits per heavy atom. The number of nitrogens with one attached hydrogen (secondary N) is 1. The monoisotopic (exact) mass is 363 g/mol. The maximum Gasteiger partial charge on any atom is 0.212 e. The summed E-state index contributed by atoms with van der Waals surface area (Å²) in [5.74, 6) is -0.888. The Morgan fingerprint density at radius 3 is 2.56 bits per heavy atom. The normalized spacial score (nSPS) is 10.7. The highest BCUT2D eigenvalue weighted by molar-refractivity contribution is 5.69. The molecule has 0 radical (unpaired) electrons.